The van der Waals surface area contributed by atoms with Crippen molar-refractivity contribution in [2.24, 2.45) is 13.0 Å². The summed E-state index contributed by atoms with van der Waals surface area (Å²) in [5, 5.41) is 8.06. The van der Waals surface area contributed by atoms with Crippen molar-refractivity contribution in [1.29, 1.82) is 0 Å². The molecule has 1 unspecified atom stereocenters. The zero-order valence-corrected chi connectivity index (χ0v) is 16.8. The number of ether oxygens (including phenoxy) is 2. The Bertz CT molecular complexity index is 861. The highest BCUT2D eigenvalue weighted by atomic mass is 16.7. The van der Waals surface area contributed by atoms with E-state index in [1.807, 2.05) is 36.2 Å². The zero-order valence-electron chi connectivity index (χ0n) is 16.8. The highest BCUT2D eigenvalue weighted by Crippen LogP contribution is 2.34. The van der Waals surface area contributed by atoms with Gasteiger partial charge in [0.05, 0.1) is 5.69 Å². The molecule has 4 rings (SSSR count). The van der Waals surface area contributed by atoms with Crippen molar-refractivity contribution in [3.8, 4) is 11.5 Å². The number of fused-ring (bicyclic) bond motifs is 1. The summed E-state index contributed by atoms with van der Waals surface area (Å²) in [4.78, 5) is 15.0. The number of benzene rings is 1. The molecule has 2 aliphatic heterocycles. The van der Waals surface area contributed by atoms with Crippen LogP contribution in [0.3, 0.4) is 0 Å². The van der Waals surface area contributed by atoms with Crippen LogP contribution in [0.15, 0.2) is 24.3 Å². The first-order valence-corrected chi connectivity index (χ1v) is 9.98. The molecular weight excluding hydrogens is 356 g/mol. The van der Waals surface area contributed by atoms with E-state index >= 15 is 0 Å². The lowest BCUT2D eigenvalue weighted by Gasteiger charge is -2.33. The SMILES string of the molecule is CC(C)Cc1cc(C(=O)N2CCCC(Nc3ccc4c(c3)OCO4)C2)n(C)n1. The molecule has 1 aromatic heterocycles. The Morgan fingerprint density at radius 2 is 2.11 bits per heavy atom. The van der Waals surface area contributed by atoms with E-state index in [-0.39, 0.29) is 18.7 Å². The number of nitrogens with one attached hydrogen (secondary N) is 1. The summed E-state index contributed by atoms with van der Waals surface area (Å²) in [5.74, 6) is 2.12. The Labute approximate surface area is 165 Å². The normalized spacial score (nSPS) is 18.6. The number of rotatable bonds is 5. The number of nitrogens with zero attached hydrogens (tertiary/aromatic N) is 3. The van der Waals surface area contributed by atoms with Gasteiger partial charge in [0.1, 0.15) is 5.69 Å². The van der Waals surface area contributed by atoms with Crippen LogP contribution in [0.4, 0.5) is 5.69 Å². The van der Waals surface area contributed by atoms with Gasteiger partial charge in [-0.2, -0.15) is 5.10 Å². The summed E-state index contributed by atoms with van der Waals surface area (Å²) in [5.41, 5.74) is 2.63. The standard InChI is InChI=1S/C21H28N4O3/c1-14(2)9-17-10-18(24(3)23-17)21(26)25-8-4-5-16(12-25)22-15-6-7-19-20(11-15)28-13-27-19/h6-7,10-11,14,16,22H,4-5,8-9,12-13H2,1-3H3. The van der Waals surface area contributed by atoms with E-state index in [0.717, 1.165) is 48.7 Å². The van der Waals surface area contributed by atoms with Crippen LogP contribution in [-0.4, -0.2) is 46.5 Å². The van der Waals surface area contributed by atoms with Crippen LogP contribution >= 0.6 is 0 Å². The summed E-state index contributed by atoms with van der Waals surface area (Å²) in [7, 11) is 1.85. The number of hydrogen-bond donors (Lipinski definition) is 1. The molecule has 1 saturated heterocycles. The van der Waals surface area contributed by atoms with E-state index in [4.69, 9.17) is 9.47 Å². The van der Waals surface area contributed by atoms with Crippen LogP contribution in [0.25, 0.3) is 0 Å². The van der Waals surface area contributed by atoms with Crippen LogP contribution in [0.1, 0.15) is 42.9 Å². The van der Waals surface area contributed by atoms with Crippen LogP contribution < -0.4 is 14.8 Å². The average molecular weight is 384 g/mol. The number of amides is 1. The first-order valence-electron chi connectivity index (χ1n) is 9.98. The molecule has 2 aliphatic rings. The molecule has 0 aliphatic carbocycles. The summed E-state index contributed by atoms with van der Waals surface area (Å²) in [6.45, 7) is 6.05. The van der Waals surface area contributed by atoms with Gasteiger partial charge in [0, 0.05) is 37.9 Å². The fourth-order valence-corrected chi connectivity index (χ4v) is 3.91. The van der Waals surface area contributed by atoms with Crippen LogP contribution in [0.2, 0.25) is 0 Å². The van der Waals surface area contributed by atoms with Gasteiger partial charge in [-0.15, -0.1) is 0 Å². The molecule has 7 nitrogen and oxygen atoms in total. The lowest BCUT2D eigenvalue weighted by Crippen LogP contribution is -2.45. The number of aromatic nitrogens is 2. The second kappa shape index (κ2) is 7.73. The molecule has 0 radical (unpaired) electrons. The Morgan fingerprint density at radius 3 is 2.93 bits per heavy atom. The van der Waals surface area contributed by atoms with Crippen molar-refractivity contribution in [3.63, 3.8) is 0 Å². The molecule has 1 fully saturated rings. The molecular formula is C21H28N4O3. The van der Waals surface area contributed by atoms with Gasteiger partial charge in [0.25, 0.3) is 5.91 Å². The van der Waals surface area contributed by atoms with Crippen LogP contribution in [0.5, 0.6) is 11.5 Å². The number of hydrogen-bond acceptors (Lipinski definition) is 5. The molecule has 1 N–H and O–H groups in total. The quantitative estimate of drug-likeness (QED) is 0.858. The Hall–Kier alpha value is -2.70. The zero-order chi connectivity index (χ0) is 19.7. The fourth-order valence-electron chi connectivity index (χ4n) is 3.91. The van der Waals surface area contributed by atoms with Gasteiger partial charge in [-0.25, -0.2) is 0 Å². The maximum Gasteiger partial charge on any atom is 0.272 e. The number of carbonyl (C=O) groups is 1. The van der Waals surface area contributed by atoms with Gasteiger partial charge in [0.15, 0.2) is 11.5 Å². The molecule has 7 heteroatoms. The van der Waals surface area contributed by atoms with Crippen molar-refractivity contribution in [2.45, 2.75) is 39.2 Å². The molecule has 0 bridgehead atoms. The summed E-state index contributed by atoms with van der Waals surface area (Å²) in [6, 6.07) is 8.02. The maximum atomic E-state index is 13.1. The number of piperidine rings is 1. The predicted molar refractivity (Wildman–Crippen MR) is 107 cm³/mol. The van der Waals surface area contributed by atoms with E-state index < -0.39 is 0 Å². The van der Waals surface area contributed by atoms with Crippen molar-refractivity contribution >= 4 is 11.6 Å². The molecule has 28 heavy (non-hydrogen) atoms. The third kappa shape index (κ3) is 3.93. The first kappa shape index (κ1) is 18.7. The minimum atomic E-state index is 0.0576. The summed E-state index contributed by atoms with van der Waals surface area (Å²) >= 11 is 0. The second-order valence-electron chi connectivity index (χ2n) is 8.05. The second-order valence-corrected chi connectivity index (χ2v) is 8.05. The number of carbonyl (C=O) groups excluding carboxylic acids is 1. The Kier molecular flexibility index (Phi) is 5.15. The Morgan fingerprint density at radius 1 is 1.29 bits per heavy atom. The molecule has 3 heterocycles. The van der Waals surface area contributed by atoms with Gasteiger partial charge < -0.3 is 19.7 Å². The lowest BCUT2D eigenvalue weighted by molar-refractivity contribution is 0.0703. The third-order valence-electron chi connectivity index (χ3n) is 5.22. The largest absolute Gasteiger partial charge is 0.454 e. The van der Waals surface area contributed by atoms with Gasteiger partial charge in [0.2, 0.25) is 6.79 Å². The van der Waals surface area contributed by atoms with E-state index in [2.05, 4.69) is 24.3 Å². The highest BCUT2D eigenvalue weighted by molar-refractivity contribution is 5.92. The Balaban J connectivity index is 1.42. The average Bonchev–Trinajstić information content (AvgIpc) is 3.26. The van der Waals surface area contributed by atoms with Gasteiger partial charge in [-0.05, 0) is 43.4 Å². The molecule has 0 spiro atoms. The summed E-state index contributed by atoms with van der Waals surface area (Å²) in [6.07, 6.45) is 2.89. The van der Waals surface area contributed by atoms with Crippen molar-refractivity contribution < 1.29 is 14.3 Å². The van der Waals surface area contributed by atoms with Crippen LogP contribution in [-0.2, 0) is 13.5 Å². The fraction of sp³-hybridized carbons (Fsp3) is 0.524. The summed E-state index contributed by atoms with van der Waals surface area (Å²) < 4.78 is 12.5. The van der Waals surface area contributed by atoms with E-state index in [9.17, 15) is 4.79 Å². The minimum Gasteiger partial charge on any atom is -0.454 e. The molecule has 2 aromatic rings. The number of likely N-dealkylation sites (tertiary alicyclic amines) is 1. The van der Waals surface area contributed by atoms with Gasteiger partial charge >= 0.3 is 0 Å². The first-order chi connectivity index (χ1) is 13.5. The molecule has 1 aromatic carbocycles. The van der Waals surface area contributed by atoms with E-state index in [1.54, 1.807) is 4.68 Å². The van der Waals surface area contributed by atoms with E-state index in [1.165, 1.54) is 0 Å². The molecule has 0 saturated carbocycles. The molecule has 1 amide bonds. The number of aryl methyl sites for hydroxylation is 1. The highest BCUT2D eigenvalue weighted by Gasteiger charge is 2.27. The van der Waals surface area contributed by atoms with Gasteiger partial charge in [-0.1, -0.05) is 13.8 Å². The molecule has 1 atom stereocenters. The minimum absolute atomic E-state index is 0.0576. The topological polar surface area (TPSA) is 68.6 Å². The molecule has 150 valence electrons. The monoisotopic (exact) mass is 384 g/mol. The lowest BCUT2D eigenvalue weighted by atomic mass is 10.0. The van der Waals surface area contributed by atoms with Crippen molar-refractivity contribution in [3.05, 3.63) is 35.7 Å². The number of anilines is 1. The predicted octanol–water partition coefficient (Wildman–Crippen LogP) is 3.06. The van der Waals surface area contributed by atoms with E-state index in [0.29, 0.717) is 18.2 Å². The smallest absolute Gasteiger partial charge is 0.272 e. The maximum absolute atomic E-state index is 13.1. The van der Waals surface area contributed by atoms with Gasteiger partial charge in [-0.3, -0.25) is 9.48 Å². The third-order valence-corrected chi connectivity index (χ3v) is 5.22. The van der Waals surface area contributed by atoms with Crippen molar-refractivity contribution in [1.82, 2.24) is 14.7 Å². The van der Waals surface area contributed by atoms with Crippen molar-refractivity contribution in [2.75, 3.05) is 25.2 Å². The van der Waals surface area contributed by atoms with Crippen LogP contribution in [0, 0.1) is 5.92 Å².